The van der Waals surface area contributed by atoms with E-state index in [1.54, 1.807) is 6.20 Å². The van der Waals surface area contributed by atoms with E-state index in [1.165, 1.54) is 30.4 Å². The first kappa shape index (κ1) is 15.4. The normalized spacial score (nSPS) is 22.8. The monoisotopic (exact) mass is 297 g/mol. The van der Waals surface area contributed by atoms with Crippen molar-refractivity contribution >= 4 is 17.3 Å². The molecule has 1 fully saturated rings. The minimum absolute atomic E-state index is 0.217. The average Bonchev–Trinajstić information content (AvgIpc) is 2.44. The molecule has 1 N–H and O–H groups in total. The van der Waals surface area contributed by atoms with Crippen molar-refractivity contribution in [3.63, 3.8) is 0 Å². The minimum atomic E-state index is -0.217. The Hall–Kier alpha value is -1.03. The lowest BCUT2D eigenvalue weighted by atomic mass is 9.81. The highest BCUT2D eigenvalue weighted by Gasteiger charge is 2.18. The number of aryl methyl sites for hydroxylation is 1. The fourth-order valence-electron chi connectivity index (χ4n) is 3.05. The molecular formula is C15H24ClN3O. The maximum Gasteiger partial charge on any atom is 0.287 e. The number of anilines is 1. The number of hydrogen-bond donors (Lipinski definition) is 1. The van der Waals surface area contributed by atoms with Crippen molar-refractivity contribution in [2.24, 2.45) is 11.8 Å². The van der Waals surface area contributed by atoms with Gasteiger partial charge in [-0.2, -0.15) is 5.10 Å². The number of aromatic nitrogens is 2. The zero-order valence-electron chi connectivity index (χ0n) is 12.4. The van der Waals surface area contributed by atoms with Gasteiger partial charge in [0.1, 0.15) is 5.02 Å². The van der Waals surface area contributed by atoms with Gasteiger partial charge in [0.2, 0.25) is 0 Å². The lowest BCUT2D eigenvalue weighted by Gasteiger charge is -2.26. The SMILES string of the molecule is CCn1ncc(NCCC2CCCC(C)C2)c(Cl)c1=O. The van der Waals surface area contributed by atoms with Crippen LogP contribution in [-0.2, 0) is 6.54 Å². The van der Waals surface area contributed by atoms with E-state index >= 15 is 0 Å². The molecule has 2 unspecified atom stereocenters. The molecule has 4 nitrogen and oxygen atoms in total. The van der Waals surface area contributed by atoms with Gasteiger partial charge in [0.15, 0.2) is 0 Å². The first-order valence-electron chi connectivity index (χ1n) is 7.61. The Kier molecular flexibility index (Phi) is 5.46. The van der Waals surface area contributed by atoms with Crippen molar-refractivity contribution in [3.8, 4) is 0 Å². The number of hydrogen-bond acceptors (Lipinski definition) is 3. The van der Waals surface area contributed by atoms with Crippen LogP contribution in [0.25, 0.3) is 0 Å². The van der Waals surface area contributed by atoms with Crippen LogP contribution in [-0.4, -0.2) is 16.3 Å². The van der Waals surface area contributed by atoms with Crippen LogP contribution in [0, 0.1) is 11.8 Å². The molecule has 0 amide bonds. The molecule has 20 heavy (non-hydrogen) atoms. The minimum Gasteiger partial charge on any atom is -0.382 e. The molecule has 1 aromatic heterocycles. The van der Waals surface area contributed by atoms with Crippen LogP contribution in [0.3, 0.4) is 0 Å². The van der Waals surface area contributed by atoms with E-state index in [2.05, 4.69) is 17.3 Å². The molecule has 1 aliphatic carbocycles. The van der Waals surface area contributed by atoms with E-state index in [1.807, 2.05) is 6.92 Å². The Morgan fingerprint density at radius 1 is 1.50 bits per heavy atom. The summed E-state index contributed by atoms with van der Waals surface area (Å²) in [5.41, 5.74) is 0.440. The molecule has 1 saturated carbocycles. The van der Waals surface area contributed by atoms with Crippen LogP contribution in [0.1, 0.15) is 46.0 Å². The molecule has 1 aromatic rings. The summed E-state index contributed by atoms with van der Waals surface area (Å²) in [6, 6.07) is 0. The van der Waals surface area contributed by atoms with Crippen LogP contribution >= 0.6 is 11.6 Å². The van der Waals surface area contributed by atoms with Gasteiger partial charge in [0.25, 0.3) is 5.56 Å². The number of halogens is 1. The van der Waals surface area contributed by atoms with Crippen LogP contribution < -0.4 is 10.9 Å². The second-order valence-electron chi connectivity index (χ2n) is 5.85. The van der Waals surface area contributed by atoms with Gasteiger partial charge in [-0.15, -0.1) is 0 Å². The van der Waals surface area contributed by atoms with Crippen molar-refractivity contribution in [2.75, 3.05) is 11.9 Å². The summed E-state index contributed by atoms with van der Waals surface area (Å²) >= 11 is 6.09. The van der Waals surface area contributed by atoms with E-state index in [0.29, 0.717) is 12.2 Å². The second-order valence-corrected chi connectivity index (χ2v) is 6.22. The molecule has 0 aromatic carbocycles. The molecule has 0 aliphatic heterocycles. The zero-order chi connectivity index (χ0) is 14.5. The Labute approximate surface area is 125 Å². The lowest BCUT2D eigenvalue weighted by molar-refractivity contribution is 0.274. The third-order valence-corrected chi connectivity index (χ3v) is 4.56. The predicted molar refractivity (Wildman–Crippen MR) is 83.4 cm³/mol. The van der Waals surface area contributed by atoms with Gasteiger partial charge in [-0.3, -0.25) is 4.79 Å². The largest absolute Gasteiger partial charge is 0.382 e. The smallest absolute Gasteiger partial charge is 0.287 e. The molecule has 0 saturated heterocycles. The highest BCUT2D eigenvalue weighted by atomic mass is 35.5. The Morgan fingerprint density at radius 2 is 2.30 bits per heavy atom. The van der Waals surface area contributed by atoms with Gasteiger partial charge < -0.3 is 5.32 Å². The summed E-state index contributed by atoms with van der Waals surface area (Å²) in [5, 5.41) is 7.60. The highest BCUT2D eigenvalue weighted by Crippen LogP contribution is 2.30. The third-order valence-electron chi connectivity index (χ3n) is 4.20. The van der Waals surface area contributed by atoms with Crippen molar-refractivity contribution in [1.82, 2.24) is 9.78 Å². The molecule has 0 radical (unpaired) electrons. The quantitative estimate of drug-likeness (QED) is 0.904. The second kappa shape index (κ2) is 7.11. The van der Waals surface area contributed by atoms with Gasteiger partial charge in [-0.05, 0) is 31.6 Å². The van der Waals surface area contributed by atoms with E-state index in [4.69, 9.17) is 11.6 Å². The van der Waals surface area contributed by atoms with E-state index in [0.717, 1.165) is 24.8 Å². The maximum atomic E-state index is 11.9. The molecule has 1 aliphatic rings. The van der Waals surface area contributed by atoms with Crippen molar-refractivity contribution < 1.29 is 0 Å². The van der Waals surface area contributed by atoms with Gasteiger partial charge in [0.05, 0.1) is 11.9 Å². The van der Waals surface area contributed by atoms with E-state index in [9.17, 15) is 4.79 Å². The van der Waals surface area contributed by atoms with Gasteiger partial charge in [-0.1, -0.05) is 37.8 Å². The van der Waals surface area contributed by atoms with Gasteiger partial charge in [-0.25, -0.2) is 4.68 Å². The van der Waals surface area contributed by atoms with Crippen LogP contribution in [0.2, 0.25) is 5.02 Å². The molecule has 2 atom stereocenters. The molecule has 5 heteroatoms. The van der Waals surface area contributed by atoms with Crippen molar-refractivity contribution in [3.05, 3.63) is 21.6 Å². The summed E-state index contributed by atoms with van der Waals surface area (Å²) in [6.45, 7) is 5.61. The molecule has 112 valence electrons. The van der Waals surface area contributed by atoms with E-state index < -0.39 is 0 Å². The Balaban J connectivity index is 1.88. The first-order chi connectivity index (χ1) is 9.61. The maximum absolute atomic E-state index is 11.9. The summed E-state index contributed by atoms with van der Waals surface area (Å²) in [7, 11) is 0. The molecule has 1 heterocycles. The predicted octanol–water partition coefficient (Wildman–Crippen LogP) is 3.54. The molecular weight excluding hydrogens is 274 g/mol. The number of nitrogens with zero attached hydrogens (tertiary/aromatic N) is 2. The number of rotatable bonds is 5. The summed E-state index contributed by atoms with van der Waals surface area (Å²) in [4.78, 5) is 11.9. The summed E-state index contributed by atoms with van der Waals surface area (Å²) in [5.74, 6) is 1.65. The Morgan fingerprint density at radius 3 is 3.00 bits per heavy atom. The summed E-state index contributed by atoms with van der Waals surface area (Å²) in [6.07, 6.45) is 8.16. The first-order valence-corrected chi connectivity index (χ1v) is 7.99. The zero-order valence-corrected chi connectivity index (χ0v) is 13.1. The molecule has 0 bridgehead atoms. The topological polar surface area (TPSA) is 46.9 Å². The average molecular weight is 298 g/mol. The highest BCUT2D eigenvalue weighted by molar-refractivity contribution is 6.32. The molecule has 0 spiro atoms. The standard InChI is InChI=1S/C15H24ClN3O/c1-3-19-15(20)14(16)13(10-18-19)17-8-7-12-6-4-5-11(2)9-12/h10-12,17H,3-9H2,1-2H3. The van der Waals surface area contributed by atoms with Gasteiger partial charge in [0, 0.05) is 13.1 Å². The van der Waals surface area contributed by atoms with Crippen LogP contribution in [0.4, 0.5) is 5.69 Å². The lowest BCUT2D eigenvalue weighted by Crippen LogP contribution is -2.24. The molecule has 2 rings (SSSR count). The van der Waals surface area contributed by atoms with Crippen LogP contribution in [0.15, 0.2) is 11.0 Å². The fourth-order valence-corrected chi connectivity index (χ4v) is 3.26. The van der Waals surface area contributed by atoms with E-state index in [-0.39, 0.29) is 10.6 Å². The van der Waals surface area contributed by atoms with Crippen molar-refractivity contribution in [2.45, 2.75) is 52.5 Å². The third kappa shape index (κ3) is 3.75. The fraction of sp³-hybridized carbons (Fsp3) is 0.733. The number of nitrogens with one attached hydrogen (secondary N) is 1. The summed E-state index contributed by atoms with van der Waals surface area (Å²) < 4.78 is 1.37. The van der Waals surface area contributed by atoms with Crippen molar-refractivity contribution in [1.29, 1.82) is 0 Å². The Bertz CT molecular complexity index is 500. The van der Waals surface area contributed by atoms with Gasteiger partial charge >= 0.3 is 0 Å². The van der Waals surface area contributed by atoms with Crippen LogP contribution in [0.5, 0.6) is 0 Å².